The van der Waals surface area contributed by atoms with Crippen LogP contribution in [0.2, 0.25) is 0 Å². The average Bonchev–Trinajstić information content (AvgIpc) is 2.88. The summed E-state index contributed by atoms with van der Waals surface area (Å²) in [6.45, 7) is -2.35. The molecule has 0 radical (unpaired) electrons. The van der Waals surface area contributed by atoms with E-state index in [1.54, 1.807) is 0 Å². The lowest BCUT2D eigenvalue weighted by molar-refractivity contribution is -0.154. The number of rotatable bonds is 5. The molecule has 10 nitrogen and oxygen atoms in total. The fourth-order valence-corrected chi connectivity index (χ4v) is 2.94. The molecule has 36 heavy (non-hydrogen) atoms. The van der Waals surface area contributed by atoms with Crippen molar-refractivity contribution in [2.75, 3.05) is 25.1 Å². The number of alkyl halides is 5. The van der Waals surface area contributed by atoms with Gasteiger partial charge in [0.15, 0.2) is 17.8 Å². The average molecular weight is 523 g/mol. The Bertz CT molecular complexity index is 1130. The topological polar surface area (TPSA) is 149 Å². The Morgan fingerprint density at radius 2 is 2.00 bits per heavy atom. The first kappa shape index (κ1) is 28.3. The fourth-order valence-electron chi connectivity index (χ4n) is 2.94. The highest BCUT2D eigenvalue weighted by Gasteiger charge is 2.54. The molecule has 1 aromatic carbocycles. The summed E-state index contributed by atoms with van der Waals surface area (Å²) in [7, 11) is 0. The molecule has 1 aliphatic heterocycles. The number of amidine groups is 1. The molecule has 0 saturated heterocycles. The summed E-state index contributed by atoms with van der Waals surface area (Å²) in [5, 5.41) is 9.18. The van der Waals surface area contributed by atoms with Crippen molar-refractivity contribution < 1.29 is 50.5 Å². The summed E-state index contributed by atoms with van der Waals surface area (Å²) in [6.07, 6.45) is -2.81. The van der Waals surface area contributed by atoms with E-state index >= 15 is 0 Å². The largest absolute Gasteiger partial charge is 0.483 e. The van der Waals surface area contributed by atoms with Gasteiger partial charge in [-0.05, 0) is 25.1 Å². The van der Waals surface area contributed by atoms with Gasteiger partial charge in [-0.2, -0.15) is 13.2 Å². The number of aromatic nitrogens is 2. The number of aliphatic imine (C=N–C) groups is 1. The highest BCUT2D eigenvalue weighted by Crippen LogP contribution is 2.44. The zero-order chi connectivity index (χ0) is 27.1. The van der Waals surface area contributed by atoms with Gasteiger partial charge in [-0.1, -0.05) is 0 Å². The molecule has 1 amide bonds. The van der Waals surface area contributed by atoms with Crippen LogP contribution in [0.25, 0.3) is 0 Å². The number of hydrogen-bond acceptors (Lipinski definition) is 8. The minimum Gasteiger partial charge on any atom is -0.483 e. The number of ether oxygens (including phenoxy) is 2. The second-order valence-electron chi connectivity index (χ2n) is 7.27. The van der Waals surface area contributed by atoms with Gasteiger partial charge in [0.25, 0.3) is 18.3 Å². The van der Waals surface area contributed by atoms with Gasteiger partial charge in [-0.15, -0.1) is 0 Å². The summed E-state index contributed by atoms with van der Waals surface area (Å²) in [5.74, 6) is -6.46. The van der Waals surface area contributed by atoms with Crippen molar-refractivity contribution in [3.63, 3.8) is 0 Å². The molecule has 0 bridgehead atoms. The van der Waals surface area contributed by atoms with E-state index in [1.165, 1.54) is 0 Å². The minimum absolute atomic E-state index is 0.115. The molecule has 16 heteroatoms. The van der Waals surface area contributed by atoms with Gasteiger partial charge in [0.1, 0.15) is 24.9 Å². The van der Waals surface area contributed by atoms with E-state index in [9.17, 15) is 31.1 Å². The Labute approximate surface area is 199 Å². The van der Waals surface area contributed by atoms with E-state index in [0.29, 0.717) is 0 Å². The summed E-state index contributed by atoms with van der Waals surface area (Å²) < 4.78 is 90.2. The molecule has 0 spiro atoms. The lowest BCUT2D eigenvalue weighted by atomic mass is 9.85. The van der Waals surface area contributed by atoms with E-state index in [1.807, 2.05) is 0 Å². The lowest BCUT2D eigenvalue weighted by Gasteiger charge is -2.33. The number of anilines is 1. The molecule has 1 aromatic heterocycles. The number of nitrogens with zero attached hydrogens (tertiary/aromatic N) is 3. The number of benzene rings is 1. The van der Waals surface area contributed by atoms with Gasteiger partial charge in [0, 0.05) is 11.3 Å². The molecule has 4 N–H and O–H groups in total. The second kappa shape index (κ2) is 11.2. The number of nitrogens with two attached hydrogens (primary N) is 1. The van der Waals surface area contributed by atoms with Gasteiger partial charge in [0.05, 0.1) is 12.4 Å². The SMILES string of the molecule is CC1(c2cc(NC(=O)c3cncc(OCC(F)(F)F)n3)ccc2F)N=C(N)COCC1(F)F.O=CO. The Morgan fingerprint density at radius 1 is 1.33 bits per heavy atom. The standard InChI is InChI=1S/C19H17F6N5O3.CH2O2/c1-17(18(21,22)8-32-7-14(26)30-17)11-4-10(2-3-12(11)20)28-16(31)13-5-27-6-15(29-13)33-9-19(23,24)25;2-1-3/h2-6H,7-9H2,1H3,(H2,26,30)(H,28,31);1H,(H,2,3). The van der Waals surface area contributed by atoms with E-state index in [4.69, 9.17) is 20.4 Å². The van der Waals surface area contributed by atoms with Crippen molar-refractivity contribution in [2.24, 2.45) is 10.7 Å². The van der Waals surface area contributed by atoms with Gasteiger partial charge in [-0.3, -0.25) is 19.6 Å². The Kier molecular flexibility index (Phi) is 8.80. The molecule has 1 atom stereocenters. The van der Waals surface area contributed by atoms with Crippen molar-refractivity contribution in [2.45, 2.75) is 24.6 Å². The number of hydrogen-bond donors (Lipinski definition) is 3. The summed E-state index contributed by atoms with van der Waals surface area (Å²) in [6, 6.07) is 2.88. The van der Waals surface area contributed by atoms with Crippen LogP contribution in [0.1, 0.15) is 23.0 Å². The molecular weight excluding hydrogens is 504 g/mol. The molecule has 3 rings (SSSR count). The molecule has 2 aromatic rings. The van der Waals surface area contributed by atoms with Crippen LogP contribution in [0.4, 0.5) is 32.0 Å². The molecule has 0 saturated carbocycles. The number of nitrogens with one attached hydrogen (secondary N) is 1. The van der Waals surface area contributed by atoms with E-state index in [2.05, 4.69) is 25.0 Å². The number of halogens is 6. The number of carbonyl (C=O) groups excluding carboxylic acids is 1. The van der Waals surface area contributed by atoms with Crippen molar-refractivity contribution >= 4 is 23.9 Å². The number of carboxylic acid groups (broad SMARTS) is 1. The first-order valence-electron chi connectivity index (χ1n) is 9.73. The fraction of sp³-hybridized carbons (Fsp3) is 0.350. The predicted molar refractivity (Wildman–Crippen MR) is 111 cm³/mol. The first-order valence-corrected chi connectivity index (χ1v) is 9.73. The van der Waals surface area contributed by atoms with Crippen LogP contribution < -0.4 is 15.8 Å². The predicted octanol–water partition coefficient (Wildman–Crippen LogP) is 2.75. The number of amides is 1. The maximum absolute atomic E-state index is 14.8. The van der Waals surface area contributed by atoms with E-state index < -0.39 is 59.7 Å². The van der Waals surface area contributed by atoms with Crippen molar-refractivity contribution in [1.82, 2.24) is 9.97 Å². The Hall–Kier alpha value is -3.95. The van der Waals surface area contributed by atoms with E-state index in [0.717, 1.165) is 37.5 Å². The third kappa shape index (κ3) is 7.03. The van der Waals surface area contributed by atoms with Crippen LogP contribution in [0.3, 0.4) is 0 Å². The van der Waals surface area contributed by atoms with Crippen LogP contribution >= 0.6 is 0 Å². The third-order valence-corrected chi connectivity index (χ3v) is 4.59. The number of carbonyl (C=O) groups is 2. The normalized spacial score (nSPS) is 19.1. The molecule has 1 unspecified atom stereocenters. The molecule has 0 fully saturated rings. The monoisotopic (exact) mass is 523 g/mol. The quantitative estimate of drug-likeness (QED) is 0.400. The van der Waals surface area contributed by atoms with Crippen molar-refractivity contribution in [3.05, 3.63) is 47.7 Å². The Balaban J connectivity index is 0.00000145. The smallest absolute Gasteiger partial charge is 0.422 e. The molecule has 1 aliphatic rings. The van der Waals surface area contributed by atoms with E-state index in [-0.39, 0.29) is 24.6 Å². The van der Waals surface area contributed by atoms with Crippen LogP contribution in [-0.2, 0) is 15.1 Å². The second-order valence-corrected chi connectivity index (χ2v) is 7.27. The maximum atomic E-state index is 14.8. The molecule has 2 heterocycles. The first-order chi connectivity index (χ1) is 16.7. The zero-order valence-electron chi connectivity index (χ0n) is 18.4. The van der Waals surface area contributed by atoms with Crippen molar-refractivity contribution in [3.8, 4) is 5.88 Å². The van der Waals surface area contributed by atoms with Crippen LogP contribution in [0.15, 0.2) is 35.6 Å². The summed E-state index contributed by atoms with van der Waals surface area (Å²) in [4.78, 5) is 31.8. The maximum Gasteiger partial charge on any atom is 0.422 e. The summed E-state index contributed by atoms with van der Waals surface area (Å²) >= 11 is 0. The van der Waals surface area contributed by atoms with Gasteiger partial charge >= 0.3 is 6.18 Å². The Morgan fingerprint density at radius 3 is 2.64 bits per heavy atom. The molecule has 196 valence electrons. The van der Waals surface area contributed by atoms with Crippen LogP contribution in [-0.4, -0.2) is 65.2 Å². The van der Waals surface area contributed by atoms with Gasteiger partial charge in [-0.25, -0.2) is 18.2 Å². The van der Waals surface area contributed by atoms with Crippen LogP contribution in [0.5, 0.6) is 5.88 Å². The molecule has 0 aliphatic carbocycles. The van der Waals surface area contributed by atoms with Gasteiger partial charge in [0.2, 0.25) is 5.88 Å². The van der Waals surface area contributed by atoms with Crippen LogP contribution in [0, 0.1) is 5.82 Å². The highest BCUT2D eigenvalue weighted by atomic mass is 19.4. The lowest BCUT2D eigenvalue weighted by Crippen LogP contribution is -2.45. The summed E-state index contributed by atoms with van der Waals surface area (Å²) in [5.41, 5.74) is 2.03. The zero-order valence-corrected chi connectivity index (χ0v) is 18.4. The minimum atomic E-state index is -4.63. The molecular formula is C20H19F6N5O5. The van der Waals surface area contributed by atoms with Crippen molar-refractivity contribution in [1.29, 1.82) is 0 Å². The third-order valence-electron chi connectivity index (χ3n) is 4.59. The highest BCUT2D eigenvalue weighted by molar-refractivity contribution is 6.02. The van der Waals surface area contributed by atoms with Gasteiger partial charge < -0.3 is 25.6 Å².